The normalized spacial score (nSPS) is 11.6. The third-order valence-corrected chi connectivity index (χ3v) is 5.33. The maximum absolute atomic E-state index is 13.1. The van der Waals surface area contributed by atoms with E-state index in [9.17, 15) is 14.0 Å². The highest BCUT2D eigenvalue weighted by molar-refractivity contribution is 6.35. The Hall–Kier alpha value is -2.31. The van der Waals surface area contributed by atoms with E-state index in [0.29, 0.717) is 34.3 Å². The second-order valence-corrected chi connectivity index (χ2v) is 7.91. The lowest BCUT2D eigenvalue weighted by atomic mass is 10.1. The molecule has 2 aromatic rings. The molecule has 0 unspecified atom stereocenters. The third kappa shape index (κ3) is 7.71. The predicted octanol–water partition coefficient (Wildman–Crippen LogP) is 5.24. The van der Waals surface area contributed by atoms with Crippen LogP contribution in [0.2, 0.25) is 10.0 Å². The molecule has 0 bridgehead atoms. The highest BCUT2D eigenvalue weighted by atomic mass is 35.5. The molecule has 0 aliphatic heterocycles. The smallest absolute Gasteiger partial charge is 0.261 e. The molecule has 168 valence electrons. The van der Waals surface area contributed by atoms with Crippen molar-refractivity contribution in [2.75, 3.05) is 13.2 Å². The zero-order chi connectivity index (χ0) is 22.8. The second kappa shape index (κ2) is 12.5. The van der Waals surface area contributed by atoms with Crippen LogP contribution in [0.1, 0.15) is 38.7 Å². The number of nitrogens with zero attached hydrogens (tertiary/aromatic N) is 1. The summed E-state index contributed by atoms with van der Waals surface area (Å²) >= 11 is 12.3. The molecule has 0 saturated heterocycles. The van der Waals surface area contributed by atoms with E-state index in [1.165, 1.54) is 29.2 Å². The molecular formula is C23H27Cl2FN2O3. The van der Waals surface area contributed by atoms with Crippen molar-refractivity contribution in [1.82, 2.24) is 10.2 Å². The first-order chi connectivity index (χ1) is 14.8. The van der Waals surface area contributed by atoms with Crippen molar-refractivity contribution in [1.29, 1.82) is 0 Å². The lowest BCUT2D eigenvalue weighted by molar-refractivity contribution is -0.143. The van der Waals surface area contributed by atoms with E-state index in [1.807, 2.05) is 13.8 Å². The SMILES string of the molecule is CCCCNC(=O)[C@@H](CC)N(Cc1ccc(Cl)cc1Cl)C(=O)COc1ccc(F)cc1. The summed E-state index contributed by atoms with van der Waals surface area (Å²) in [6.45, 7) is 4.25. The van der Waals surface area contributed by atoms with E-state index in [4.69, 9.17) is 27.9 Å². The van der Waals surface area contributed by atoms with Crippen LogP contribution in [0.4, 0.5) is 4.39 Å². The molecule has 0 fully saturated rings. The first-order valence-corrected chi connectivity index (χ1v) is 11.0. The molecule has 2 rings (SSSR count). The molecule has 31 heavy (non-hydrogen) atoms. The molecule has 2 amide bonds. The van der Waals surface area contributed by atoms with Crippen molar-refractivity contribution in [3.8, 4) is 5.75 Å². The molecule has 8 heteroatoms. The maximum Gasteiger partial charge on any atom is 0.261 e. The van der Waals surface area contributed by atoms with Gasteiger partial charge >= 0.3 is 0 Å². The standard InChI is InChI=1S/C23H27Cl2FN2O3/c1-3-5-12-27-23(30)21(4-2)28(14-16-6-7-17(24)13-20(16)25)22(29)15-31-19-10-8-18(26)9-11-19/h6-11,13,21H,3-5,12,14-15H2,1-2H3,(H,27,30)/t21-/m1/s1. The Morgan fingerprint density at radius 2 is 1.84 bits per heavy atom. The molecule has 0 heterocycles. The number of amides is 2. The molecule has 0 aromatic heterocycles. The van der Waals surface area contributed by atoms with Gasteiger partial charge in [0, 0.05) is 23.1 Å². The average Bonchev–Trinajstić information content (AvgIpc) is 2.74. The third-order valence-electron chi connectivity index (χ3n) is 4.75. The molecule has 0 saturated carbocycles. The van der Waals surface area contributed by atoms with Crippen LogP contribution in [0.25, 0.3) is 0 Å². The summed E-state index contributed by atoms with van der Waals surface area (Å²) < 4.78 is 18.6. The van der Waals surface area contributed by atoms with E-state index in [0.717, 1.165) is 12.8 Å². The van der Waals surface area contributed by atoms with Crippen molar-refractivity contribution in [2.45, 2.75) is 45.7 Å². The number of ether oxygens (including phenoxy) is 1. The predicted molar refractivity (Wildman–Crippen MR) is 121 cm³/mol. The summed E-state index contributed by atoms with van der Waals surface area (Å²) in [4.78, 5) is 27.3. The van der Waals surface area contributed by atoms with E-state index in [2.05, 4.69) is 5.32 Å². The zero-order valence-electron chi connectivity index (χ0n) is 17.7. The van der Waals surface area contributed by atoms with Crippen LogP contribution in [-0.2, 0) is 16.1 Å². The summed E-state index contributed by atoms with van der Waals surface area (Å²) in [6.07, 6.45) is 2.23. The van der Waals surface area contributed by atoms with Crippen LogP contribution in [0, 0.1) is 5.82 Å². The Morgan fingerprint density at radius 1 is 1.13 bits per heavy atom. The van der Waals surface area contributed by atoms with Crippen LogP contribution >= 0.6 is 23.2 Å². The fraction of sp³-hybridized carbons (Fsp3) is 0.391. The van der Waals surface area contributed by atoms with E-state index in [-0.39, 0.29) is 25.0 Å². The highest BCUT2D eigenvalue weighted by Gasteiger charge is 2.29. The molecule has 0 aliphatic rings. The van der Waals surface area contributed by atoms with Crippen molar-refractivity contribution in [3.05, 3.63) is 63.9 Å². The van der Waals surface area contributed by atoms with Crippen molar-refractivity contribution >= 4 is 35.0 Å². The van der Waals surface area contributed by atoms with Crippen molar-refractivity contribution < 1.29 is 18.7 Å². The molecule has 0 spiro atoms. The van der Waals surface area contributed by atoms with Gasteiger partial charge in [-0.3, -0.25) is 9.59 Å². The minimum absolute atomic E-state index is 0.126. The number of benzene rings is 2. The Bertz CT molecular complexity index is 878. The van der Waals surface area contributed by atoms with Crippen molar-refractivity contribution in [3.63, 3.8) is 0 Å². The van der Waals surface area contributed by atoms with E-state index < -0.39 is 11.9 Å². The van der Waals surface area contributed by atoms with Crippen LogP contribution < -0.4 is 10.1 Å². The van der Waals surface area contributed by atoms with Gasteiger partial charge in [-0.1, -0.05) is 49.5 Å². The molecular weight excluding hydrogens is 442 g/mol. The van der Waals surface area contributed by atoms with E-state index in [1.54, 1.807) is 18.2 Å². The monoisotopic (exact) mass is 468 g/mol. The second-order valence-electron chi connectivity index (χ2n) is 7.07. The first-order valence-electron chi connectivity index (χ1n) is 10.2. The molecule has 1 N–H and O–H groups in total. The molecule has 0 aliphatic carbocycles. The largest absolute Gasteiger partial charge is 0.484 e. The van der Waals surface area contributed by atoms with Gasteiger partial charge in [-0.25, -0.2) is 4.39 Å². The Balaban J connectivity index is 2.20. The topological polar surface area (TPSA) is 58.6 Å². The van der Waals surface area contributed by atoms with Crippen molar-refractivity contribution in [2.24, 2.45) is 0 Å². The summed E-state index contributed by atoms with van der Waals surface area (Å²) in [5.41, 5.74) is 0.668. The number of hydrogen-bond donors (Lipinski definition) is 1. The number of nitrogens with one attached hydrogen (secondary N) is 1. The minimum Gasteiger partial charge on any atom is -0.484 e. The number of hydrogen-bond acceptors (Lipinski definition) is 3. The molecule has 0 radical (unpaired) electrons. The lowest BCUT2D eigenvalue weighted by Crippen LogP contribution is -2.50. The minimum atomic E-state index is -0.687. The van der Waals surface area contributed by atoms with Crippen LogP contribution in [0.3, 0.4) is 0 Å². The van der Waals surface area contributed by atoms with Crippen LogP contribution in [-0.4, -0.2) is 35.9 Å². The summed E-state index contributed by atoms with van der Waals surface area (Å²) in [6, 6.07) is 9.71. The molecule has 5 nitrogen and oxygen atoms in total. The first kappa shape index (κ1) is 25.0. The molecule has 1 atom stereocenters. The average molecular weight is 469 g/mol. The van der Waals surface area contributed by atoms with Gasteiger partial charge < -0.3 is 15.0 Å². The highest BCUT2D eigenvalue weighted by Crippen LogP contribution is 2.24. The number of carbonyl (C=O) groups excluding carboxylic acids is 2. The molecule has 2 aromatic carbocycles. The van der Waals surface area contributed by atoms with Gasteiger partial charge in [0.05, 0.1) is 0 Å². The van der Waals surface area contributed by atoms with Gasteiger partial charge in [0.1, 0.15) is 17.6 Å². The quantitative estimate of drug-likeness (QED) is 0.459. The maximum atomic E-state index is 13.1. The number of carbonyl (C=O) groups is 2. The van der Waals surface area contributed by atoms with Gasteiger partial charge in [0.2, 0.25) is 5.91 Å². The van der Waals surface area contributed by atoms with Gasteiger partial charge in [-0.05, 0) is 54.8 Å². The van der Waals surface area contributed by atoms with Crippen LogP contribution in [0.5, 0.6) is 5.75 Å². The summed E-state index contributed by atoms with van der Waals surface area (Å²) in [7, 11) is 0. The fourth-order valence-electron chi connectivity index (χ4n) is 3.02. The number of rotatable bonds is 11. The lowest BCUT2D eigenvalue weighted by Gasteiger charge is -2.31. The number of halogens is 3. The van der Waals surface area contributed by atoms with Gasteiger partial charge in [0.15, 0.2) is 6.61 Å². The Kier molecular flexibility index (Phi) is 10.1. The fourth-order valence-corrected chi connectivity index (χ4v) is 3.49. The number of unbranched alkanes of at least 4 members (excludes halogenated alkanes) is 1. The zero-order valence-corrected chi connectivity index (χ0v) is 19.2. The Labute approximate surface area is 192 Å². The summed E-state index contributed by atoms with van der Waals surface area (Å²) in [5, 5.41) is 3.78. The summed E-state index contributed by atoms with van der Waals surface area (Å²) in [5.74, 6) is -0.642. The van der Waals surface area contributed by atoms with Gasteiger partial charge in [0.25, 0.3) is 5.91 Å². The van der Waals surface area contributed by atoms with Gasteiger partial charge in [-0.2, -0.15) is 0 Å². The van der Waals surface area contributed by atoms with Crippen LogP contribution in [0.15, 0.2) is 42.5 Å². The van der Waals surface area contributed by atoms with E-state index >= 15 is 0 Å². The van der Waals surface area contributed by atoms with Gasteiger partial charge in [-0.15, -0.1) is 0 Å². The Morgan fingerprint density at radius 3 is 2.45 bits per heavy atom.